The average molecular weight is 470 g/mol. The number of aromatic nitrogens is 3. The molecule has 0 unspecified atom stereocenters. The van der Waals surface area contributed by atoms with E-state index in [1.165, 1.54) is 20.1 Å². The Balaban J connectivity index is 1.70. The van der Waals surface area contributed by atoms with Gasteiger partial charge in [-0.25, -0.2) is 9.18 Å². The van der Waals surface area contributed by atoms with Gasteiger partial charge in [0.05, 0.1) is 42.8 Å². The van der Waals surface area contributed by atoms with Crippen LogP contribution < -0.4 is 0 Å². The number of methoxy groups -OCH3 is 1. The predicted octanol–water partition coefficient (Wildman–Crippen LogP) is 3.38. The third-order valence-electron chi connectivity index (χ3n) is 7.28. The maximum Gasteiger partial charge on any atom is 0.354 e. The average Bonchev–Trinajstić information content (AvgIpc) is 3.62. The lowest BCUT2D eigenvalue weighted by molar-refractivity contribution is -0.141. The number of esters is 2. The van der Waals surface area contributed by atoms with Crippen molar-refractivity contribution in [3.8, 4) is 11.1 Å². The monoisotopic (exact) mass is 469 g/mol. The van der Waals surface area contributed by atoms with Crippen LogP contribution in [-0.4, -0.2) is 45.1 Å². The summed E-state index contributed by atoms with van der Waals surface area (Å²) in [6.45, 7) is 3.12. The number of carbonyl (C=O) groups is 2. The van der Waals surface area contributed by atoms with Crippen LogP contribution in [0.2, 0.25) is 0 Å². The van der Waals surface area contributed by atoms with Gasteiger partial charge in [-0.1, -0.05) is 0 Å². The van der Waals surface area contributed by atoms with Gasteiger partial charge in [0.1, 0.15) is 11.5 Å². The summed E-state index contributed by atoms with van der Waals surface area (Å²) in [6, 6.07) is 3.05. The van der Waals surface area contributed by atoms with Crippen LogP contribution in [0.5, 0.6) is 0 Å². The number of halogens is 1. The minimum atomic E-state index is -0.528. The molecule has 1 N–H and O–H groups in total. The van der Waals surface area contributed by atoms with E-state index in [0.29, 0.717) is 63.4 Å². The molecular formula is C25H28FN3O5. The number of fused-ring (bicyclic) bond motifs is 2. The number of nitrogens with zero attached hydrogens (tertiary/aromatic N) is 3. The minimum absolute atomic E-state index is 0.0152. The van der Waals surface area contributed by atoms with E-state index in [-0.39, 0.29) is 24.7 Å². The molecule has 0 aliphatic heterocycles. The Labute approximate surface area is 196 Å². The molecular weight excluding hydrogens is 441 g/mol. The fourth-order valence-corrected chi connectivity index (χ4v) is 5.35. The van der Waals surface area contributed by atoms with Crippen molar-refractivity contribution in [3.63, 3.8) is 0 Å². The first-order chi connectivity index (χ1) is 16.2. The van der Waals surface area contributed by atoms with E-state index in [1.807, 2.05) is 11.6 Å². The van der Waals surface area contributed by atoms with Gasteiger partial charge in [0, 0.05) is 30.5 Å². The number of benzene rings is 1. The zero-order chi connectivity index (χ0) is 24.4. The van der Waals surface area contributed by atoms with E-state index < -0.39 is 11.8 Å². The van der Waals surface area contributed by atoms with Gasteiger partial charge in [0.25, 0.3) is 0 Å². The Morgan fingerprint density at radius 2 is 2.00 bits per heavy atom. The molecule has 9 heteroatoms. The summed E-state index contributed by atoms with van der Waals surface area (Å²) in [7, 11) is 3.02. The normalized spacial score (nSPS) is 20.4. The molecule has 0 amide bonds. The van der Waals surface area contributed by atoms with Crippen LogP contribution in [0.25, 0.3) is 22.0 Å². The van der Waals surface area contributed by atoms with E-state index in [2.05, 4.69) is 0 Å². The van der Waals surface area contributed by atoms with Crippen molar-refractivity contribution in [2.24, 2.45) is 13.0 Å². The molecule has 0 bridgehead atoms. The van der Waals surface area contributed by atoms with E-state index in [4.69, 9.17) is 14.6 Å². The molecule has 0 radical (unpaired) electrons. The largest absolute Gasteiger partial charge is 0.466 e. The maximum absolute atomic E-state index is 15.5. The number of aryl methyl sites for hydroxylation is 3. The molecule has 8 nitrogen and oxygen atoms in total. The maximum atomic E-state index is 15.5. The van der Waals surface area contributed by atoms with Gasteiger partial charge in [-0.2, -0.15) is 5.10 Å². The highest BCUT2D eigenvalue weighted by molar-refractivity contribution is 6.05. The van der Waals surface area contributed by atoms with Crippen molar-refractivity contribution in [1.82, 2.24) is 14.3 Å². The van der Waals surface area contributed by atoms with Gasteiger partial charge >= 0.3 is 11.9 Å². The molecule has 34 heavy (non-hydrogen) atoms. The first-order valence-corrected chi connectivity index (χ1v) is 11.5. The van der Waals surface area contributed by atoms with Crippen molar-refractivity contribution in [2.75, 3.05) is 13.7 Å². The second-order valence-electron chi connectivity index (χ2n) is 9.33. The highest BCUT2D eigenvalue weighted by Crippen LogP contribution is 2.73. The number of aliphatic hydroxyl groups excluding tert-OH is 1. The summed E-state index contributed by atoms with van der Waals surface area (Å²) in [5.74, 6) is -0.753. The molecule has 2 aliphatic rings. The molecule has 2 heterocycles. The number of ether oxygens (including phenoxy) is 2. The topological polar surface area (TPSA) is 95.6 Å². The molecule has 2 aromatic heterocycles. The zero-order valence-corrected chi connectivity index (χ0v) is 19.8. The van der Waals surface area contributed by atoms with Gasteiger partial charge in [0.15, 0.2) is 0 Å². The van der Waals surface area contributed by atoms with E-state index >= 15 is 4.39 Å². The molecule has 5 rings (SSSR count). The second-order valence-corrected chi connectivity index (χ2v) is 9.33. The highest BCUT2D eigenvalue weighted by atomic mass is 19.1. The van der Waals surface area contributed by atoms with Gasteiger partial charge in [-0.15, -0.1) is 0 Å². The van der Waals surface area contributed by atoms with Gasteiger partial charge < -0.3 is 19.1 Å². The molecule has 0 spiro atoms. The van der Waals surface area contributed by atoms with E-state index in [9.17, 15) is 14.7 Å². The van der Waals surface area contributed by atoms with Crippen molar-refractivity contribution >= 4 is 22.8 Å². The molecule has 0 atom stereocenters. The van der Waals surface area contributed by atoms with Crippen molar-refractivity contribution in [1.29, 1.82) is 0 Å². The van der Waals surface area contributed by atoms with Crippen LogP contribution >= 0.6 is 0 Å². The number of rotatable bonds is 8. The number of hydrogen-bond acceptors (Lipinski definition) is 6. The molecule has 3 aromatic rings. The lowest BCUT2D eigenvalue weighted by atomic mass is 9.97. The quantitative estimate of drug-likeness (QED) is 0.401. The Hall–Kier alpha value is -3.20. The van der Waals surface area contributed by atoms with E-state index in [0.717, 1.165) is 12.8 Å². The molecule has 0 saturated heterocycles. The van der Waals surface area contributed by atoms with Crippen LogP contribution in [0, 0.1) is 18.7 Å². The van der Waals surface area contributed by atoms with Crippen LogP contribution in [0.15, 0.2) is 12.1 Å². The number of aliphatic hydroxyl groups is 1. The lowest BCUT2D eigenvalue weighted by Gasteiger charge is -2.12. The van der Waals surface area contributed by atoms with Crippen molar-refractivity contribution in [2.45, 2.75) is 51.7 Å². The SMILES string of the molecule is COC(=O)c1c(CCCOC(C)=O)c2ccc(F)c(-c3c(C)nn(C45CC4C5)c3CO)c2n1C. The third kappa shape index (κ3) is 3.25. The zero-order valence-electron chi connectivity index (χ0n) is 19.8. The van der Waals surface area contributed by atoms with Crippen molar-refractivity contribution < 1.29 is 28.6 Å². The van der Waals surface area contributed by atoms with Crippen molar-refractivity contribution in [3.05, 3.63) is 40.6 Å². The fraction of sp³-hybridized carbons (Fsp3) is 0.480. The minimum Gasteiger partial charge on any atom is -0.466 e. The van der Waals surface area contributed by atoms with Crippen LogP contribution in [0.4, 0.5) is 4.39 Å². The predicted molar refractivity (Wildman–Crippen MR) is 122 cm³/mol. The van der Waals surface area contributed by atoms with Crippen LogP contribution in [-0.2, 0) is 39.9 Å². The Bertz CT molecular complexity index is 1330. The van der Waals surface area contributed by atoms with E-state index in [1.54, 1.807) is 17.7 Å². The number of hydrogen-bond donors (Lipinski definition) is 1. The molecule has 2 fully saturated rings. The van der Waals surface area contributed by atoms with Crippen LogP contribution in [0.3, 0.4) is 0 Å². The summed E-state index contributed by atoms with van der Waals surface area (Å²) in [4.78, 5) is 23.9. The Morgan fingerprint density at radius 3 is 2.59 bits per heavy atom. The van der Waals surface area contributed by atoms with Crippen LogP contribution in [0.1, 0.15) is 53.6 Å². The number of carbonyl (C=O) groups excluding carboxylic acids is 2. The molecule has 180 valence electrons. The van der Waals surface area contributed by atoms with Gasteiger partial charge in [-0.3, -0.25) is 9.48 Å². The first-order valence-electron chi connectivity index (χ1n) is 11.5. The summed E-state index contributed by atoms with van der Waals surface area (Å²) >= 11 is 0. The molecule has 2 aliphatic carbocycles. The lowest BCUT2D eigenvalue weighted by Crippen LogP contribution is -2.13. The standard InChI is InChI=1S/C25H28FN3O5/c1-13-20(19(12-30)29(27-13)25-10-15(25)11-25)21-18(26)8-7-17-16(6-5-9-34-14(2)31)23(24(32)33-4)28(3)22(17)21/h7-8,15,30H,5-6,9-12H2,1-4H3. The second kappa shape index (κ2) is 7.94. The van der Waals surface area contributed by atoms with Gasteiger partial charge in [-0.05, 0) is 56.2 Å². The molecule has 1 aromatic carbocycles. The highest BCUT2D eigenvalue weighted by Gasteiger charge is 2.72. The summed E-state index contributed by atoms with van der Waals surface area (Å²) < 4.78 is 29.2. The van der Waals surface area contributed by atoms with Gasteiger partial charge in [0.2, 0.25) is 0 Å². The summed E-state index contributed by atoms with van der Waals surface area (Å²) in [5.41, 5.74) is 3.68. The summed E-state index contributed by atoms with van der Waals surface area (Å²) in [6.07, 6.45) is 3.01. The fourth-order valence-electron chi connectivity index (χ4n) is 5.35. The molecule has 2 saturated carbocycles. The summed E-state index contributed by atoms with van der Waals surface area (Å²) in [5, 5.41) is 15.7. The first kappa shape index (κ1) is 22.6. The smallest absolute Gasteiger partial charge is 0.354 e. The third-order valence-corrected chi connectivity index (χ3v) is 7.28. The Morgan fingerprint density at radius 1 is 1.29 bits per heavy atom. The Kier molecular flexibility index (Phi) is 5.27.